The highest BCUT2D eigenvalue weighted by atomic mass is 127. The largest absolute Gasteiger partial charge is 0.352 e. The Hall–Kier alpha value is -1.06. The van der Waals surface area contributed by atoms with E-state index in [4.69, 9.17) is 0 Å². The Bertz CT molecular complexity index is 507. The number of aliphatic imine (C=N–C) groups is 1. The van der Waals surface area contributed by atoms with E-state index < -0.39 is 28.8 Å². The average Bonchev–Trinajstić information content (AvgIpc) is 2.72. The summed E-state index contributed by atoms with van der Waals surface area (Å²) in [7, 11) is 1.76. The normalized spacial score (nSPS) is 14.2. The number of guanidine groups is 1. The molecular weight excluding hydrogens is 377 g/mol. The van der Waals surface area contributed by atoms with E-state index in [1.54, 1.807) is 11.9 Å². The highest BCUT2D eigenvalue weighted by Crippen LogP contribution is 2.19. The van der Waals surface area contributed by atoms with Crippen LogP contribution < -0.4 is 5.32 Å². The van der Waals surface area contributed by atoms with E-state index in [2.05, 4.69) is 10.3 Å². The number of nitrogens with one attached hydrogen (secondary N) is 1. The van der Waals surface area contributed by atoms with Crippen LogP contribution in [0.15, 0.2) is 11.1 Å². The third-order valence-electron chi connectivity index (χ3n) is 2.69. The van der Waals surface area contributed by atoms with Gasteiger partial charge in [-0.05, 0) is 0 Å². The number of rotatable bonds is 2. The van der Waals surface area contributed by atoms with E-state index in [0.717, 1.165) is 0 Å². The van der Waals surface area contributed by atoms with E-state index in [0.29, 0.717) is 25.1 Å². The fourth-order valence-corrected chi connectivity index (χ4v) is 1.66. The van der Waals surface area contributed by atoms with Crippen LogP contribution >= 0.6 is 24.0 Å². The van der Waals surface area contributed by atoms with Gasteiger partial charge in [0.05, 0.1) is 6.54 Å². The van der Waals surface area contributed by atoms with Gasteiger partial charge in [-0.1, -0.05) is 0 Å². The molecule has 0 saturated carbocycles. The number of nitrogens with zero attached hydrogens (tertiary/aromatic N) is 2. The summed E-state index contributed by atoms with van der Waals surface area (Å²) in [6, 6.07) is 0.329. The molecule has 0 aliphatic carbocycles. The highest BCUT2D eigenvalue weighted by molar-refractivity contribution is 14.0. The third kappa shape index (κ3) is 3.28. The Morgan fingerprint density at radius 2 is 1.89 bits per heavy atom. The van der Waals surface area contributed by atoms with Crippen LogP contribution in [-0.4, -0.2) is 31.0 Å². The lowest BCUT2D eigenvalue weighted by Crippen LogP contribution is -2.35. The molecule has 3 nitrogen and oxygen atoms in total. The molecule has 0 unspecified atom stereocenters. The standard InChI is InChI=1S/C11H11F4N3.HI/c1-18-3-2-16-11(18)17-5-6-7(12)4-8(13)10(15)9(6)14;/h4H,2-3,5H2,1H3,(H,16,17);1H. The summed E-state index contributed by atoms with van der Waals surface area (Å²) < 4.78 is 52.3. The van der Waals surface area contributed by atoms with Gasteiger partial charge in [-0.2, -0.15) is 0 Å². The molecule has 19 heavy (non-hydrogen) atoms. The molecule has 1 N–H and O–H groups in total. The first-order valence-corrected chi connectivity index (χ1v) is 5.32. The second-order valence-electron chi connectivity index (χ2n) is 3.93. The monoisotopic (exact) mass is 389 g/mol. The Morgan fingerprint density at radius 3 is 2.47 bits per heavy atom. The molecule has 0 bridgehead atoms. The summed E-state index contributed by atoms with van der Waals surface area (Å²) in [5.74, 6) is -5.38. The van der Waals surface area contributed by atoms with Gasteiger partial charge in [0.25, 0.3) is 0 Å². The van der Waals surface area contributed by atoms with Crippen molar-refractivity contribution < 1.29 is 17.6 Å². The van der Waals surface area contributed by atoms with Crippen LogP contribution in [0.25, 0.3) is 0 Å². The van der Waals surface area contributed by atoms with Crippen molar-refractivity contribution in [2.24, 2.45) is 4.99 Å². The van der Waals surface area contributed by atoms with E-state index >= 15 is 0 Å². The molecule has 0 fully saturated rings. The van der Waals surface area contributed by atoms with E-state index in [1.807, 2.05) is 0 Å². The van der Waals surface area contributed by atoms with Gasteiger partial charge in [-0.3, -0.25) is 4.99 Å². The summed E-state index contributed by atoms with van der Waals surface area (Å²) >= 11 is 0. The highest BCUT2D eigenvalue weighted by Gasteiger charge is 2.20. The second-order valence-corrected chi connectivity index (χ2v) is 3.93. The van der Waals surface area contributed by atoms with E-state index in [1.165, 1.54) is 0 Å². The molecule has 0 aromatic heterocycles. The Balaban J connectivity index is 0.00000180. The summed E-state index contributed by atoms with van der Waals surface area (Å²) in [6.07, 6.45) is 0. The number of hydrogen-bond acceptors (Lipinski definition) is 3. The van der Waals surface area contributed by atoms with Crippen molar-refractivity contribution in [3.63, 3.8) is 0 Å². The zero-order valence-electron chi connectivity index (χ0n) is 10.0. The molecule has 0 atom stereocenters. The van der Waals surface area contributed by atoms with Crippen molar-refractivity contribution in [1.82, 2.24) is 10.2 Å². The fourth-order valence-electron chi connectivity index (χ4n) is 1.66. The SMILES string of the molecule is CN1CCN=C1NCc1c(F)cc(F)c(F)c1F.I. The molecule has 0 saturated heterocycles. The molecule has 1 aliphatic heterocycles. The molecule has 0 spiro atoms. The molecule has 1 aliphatic rings. The van der Waals surface area contributed by atoms with Crippen LogP contribution in [-0.2, 0) is 6.54 Å². The lowest BCUT2D eigenvalue weighted by molar-refractivity contribution is 0.422. The smallest absolute Gasteiger partial charge is 0.194 e. The van der Waals surface area contributed by atoms with Gasteiger partial charge in [-0.25, -0.2) is 17.6 Å². The molecule has 0 radical (unpaired) electrons. The molecule has 2 rings (SSSR count). The third-order valence-corrected chi connectivity index (χ3v) is 2.69. The average molecular weight is 389 g/mol. The molecular formula is C11H12F4IN3. The summed E-state index contributed by atoms with van der Waals surface area (Å²) in [5.41, 5.74) is -0.545. The van der Waals surface area contributed by atoms with Gasteiger partial charge in [0.15, 0.2) is 23.4 Å². The number of benzene rings is 1. The lowest BCUT2D eigenvalue weighted by atomic mass is 10.2. The summed E-state index contributed by atoms with van der Waals surface area (Å²) in [6.45, 7) is 0.991. The van der Waals surface area contributed by atoms with Crippen molar-refractivity contribution in [2.75, 3.05) is 20.1 Å². The maximum absolute atomic E-state index is 13.3. The minimum absolute atomic E-state index is 0. The van der Waals surface area contributed by atoms with Crippen LogP contribution in [0.3, 0.4) is 0 Å². The van der Waals surface area contributed by atoms with Gasteiger partial charge in [0, 0.05) is 31.8 Å². The first-order valence-electron chi connectivity index (χ1n) is 5.32. The second kappa shape index (κ2) is 6.40. The quantitative estimate of drug-likeness (QED) is 0.364. The molecule has 8 heteroatoms. The Labute approximate surface area is 124 Å². The van der Waals surface area contributed by atoms with Crippen LogP contribution in [0.1, 0.15) is 5.56 Å². The van der Waals surface area contributed by atoms with Crippen molar-refractivity contribution in [3.05, 3.63) is 34.9 Å². The molecule has 1 aromatic carbocycles. The van der Waals surface area contributed by atoms with E-state index in [9.17, 15) is 17.6 Å². The first-order chi connectivity index (χ1) is 8.50. The maximum atomic E-state index is 13.3. The van der Waals surface area contributed by atoms with Crippen molar-refractivity contribution in [1.29, 1.82) is 0 Å². The predicted molar refractivity (Wildman–Crippen MR) is 73.5 cm³/mol. The minimum atomic E-state index is -1.67. The van der Waals surface area contributed by atoms with Gasteiger partial charge in [0.2, 0.25) is 0 Å². The molecule has 0 amide bonds. The van der Waals surface area contributed by atoms with Crippen LogP contribution in [0, 0.1) is 23.3 Å². The minimum Gasteiger partial charge on any atom is -0.352 e. The zero-order valence-corrected chi connectivity index (χ0v) is 12.3. The van der Waals surface area contributed by atoms with Gasteiger partial charge < -0.3 is 10.2 Å². The Kier molecular flexibility index (Phi) is 5.39. The molecule has 1 aromatic rings. The van der Waals surface area contributed by atoms with Crippen LogP contribution in [0.5, 0.6) is 0 Å². The number of halogens is 5. The summed E-state index contributed by atoms with van der Waals surface area (Å²) in [5, 5.41) is 2.68. The van der Waals surface area contributed by atoms with Crippen LogP contribution in [0.2, 0.25) is 0 Å². The van der Waals surface area contributed by atoms with Crippen LogP contribution in [0.4, 0.5) is 17.6 Å². The zero-order chi connectivity index (χ0) is 13.3. The van der Waals surface area contributed by atoms with Crippen molar-refractivity contribution in [2.45, 2.75) is 6.54 Å². The maximum Gasteiger partial charge on any atom is 0.194 e. The Morgan fingerprint density at radius 1 is 1.21 bits per heavy atom. The van der Waals surface area contributed by atoms with Gasteiger partial charge in [-0.15, -0.1) is 24.0 Å². The van der Waals surface area contributed by atoms with Crippen molar-refractivity contribution >= 4 is 29.9 Å². The fraction of sp³-hybridized carbons (Fsp3) is 0.364. The molecule has 1 heterocycles. The summed E-state index contributed by atoms with van der Waals surface area (Å²) in [4.78, 5) is 5.81. The van der Waals surface area contributed by atoms with Gasteiger partial charge >= 0.3 is 0 Å². The molecule has 106 valence electrons. The topological polar surface area (TPSA) is 27.6 Å². The predicted octanol–water partition coefficient (Wildman–Crippen LogP) is 2.25. The first kappa shape index (κ1) is 16.0. The number of likely N-dealkylation sites (N-methyl/N-ethyl adjacent to an activating group) is 1. The van der Waals surface area contributed by atoms with Crippen molar-refractivity contribution in [3.8, 4) is 0 Å². The van der Waals surface area contributed by atoms with Gasteiger partial charge in [0.1, 0.15) is 5.82 Å². The lowest BCUT2D eigenvalue weighted by Gasteiger charge is -2.15. The van der Waals surface area contributed by atoms with E-state index in [-0.39, 0.29) is 30.5 Å². The number of hydrogen-bond donors (Lipinski definition) is 1.